The molecule has 1 saturated heterocycles. The van der Waals surface area contributed by atoms with Gasteiger partial charge in [-0.3, -0.25) is 24.4 Å². The van der Waals surface area contributed by atoms with Gasteiger partial charge in [0, 0.05) is 43.5 Å². The van der Waals surface area contributed by atoms with Gasteiger partial charge >= 0.3 is 0 Å². The quantitative estimate of drug-likeness (QED) is 0.305. The number of hydrogen-bond acceptors (Lipinski definition) is 6. The van der Waals surface area contributed by atoms with Gasteiger partial charge in [-0.15, -0.1) is 0 Å². The molecule has 36 heavy (non-hydrogen) atoms. The fourth-order valence-electron chi connectivity index (χ4n) is 4.89. The number of halogens is 1. The lowest BCUT2D eigenvalue weighted by atomic mass is 10.1. The maximum atomic E-state index is 14.8. The first-order valence-corrected chi connectivity index (χ1v) is 11.8. The average molecular weight is 488 g/mol. The standard InChI is InChI=1S/C27H26FN5O3/c1-18-6-5-7-20(14-18)31-13-12-30(16-19(31)2)17-26-29-24-11-10-21(33(35)36)15-22(24)27(34)32(26)25-9-4-3-8-23(25)28/h3-11,14-15,19H,12-13,16-17H2,1-2H3/t19-/m0/s1. The van der Waals surface area contributed by atoms with Gasteiger partial charge in [0.05, 0.1) is 28.1 Å². The molecular weight excluding hydrogens is 461 g/mol. The van der Waals surface area contributed by atoms with E-state index in [1.807, 2.05) is 0 Å². The Morgan fingerprint density at radius 2 is 1.89 bits per heavy atom. The van der Waals surface area contributed by atoms with Crippen molar-refractivity contribution in [1.82, 2.24) is 14.5 Å². The van der Waals surface area contributed by atoms with Crippen molar-refractivity contribution in [2.45, 2.75) is 26.4 Å². The highest BCUT2D eigenvalue weighted by molar-refractivity contribution is 5.80. The molecule has 1 fully saturated rings. The second-order valence-corrected chi connectivity index (χ2v) is 9.20. The predicted molar refractivity (Wildman–Crippen MR) is 137 cm³/mol. The van der Waals surface area contributed by atoms with E-state index >= 15 is 0 Å². The Kier molecular flexibility index (Phi) is 6.24. The number of aromatic nitrogens is 2. The van der Waals surface area contributed by atoms with Crippen molar-refractivity contribution in [2.75, 3.05) is 24.5 Å². The van der Waals surface area contributed by atoms with Gasteiger partial charge in [0.15, 0.2) is 0 Å². The smallest absolute Gasteiger partial charge is 0.270 e. The van der Waals surface area contributed by atoms with Gasteiger partial charge in [-0.25, -0.2) is 9.37 Å². The third kappa shape index (κ3) is 4.45. The van der Waals surface area contributed by atoms with Crippen molar-refractivity contribution >= 4 is 22.3 Å². The number of benzene rings is 3. The molecule has 1 aromatic heterocycles. The first-order valence-electron chi connectivity index (χ1n) is 11.8. The zero-order valence-electron chi connectivity index (χ0n) is 20.1. The number of anilines is 1. The first kappa shape index (κ1) is 23.6. The SMILES string of the molecule is Cc1cccc(N2CCN(Cc3nc4ccc([N+](=O)[O-])cc4c(=O)n3-c3ccccc3F)C[C@@H]2C)c1. The molecule has 2 heterocycles. The van der Waals surface area contributed by atoms with Crippen LogP contribution in [0, 0.1) is 22.9 Å². The summed E-state index contributed by atoms with van der Waals surface area (Å²) in [6, 6.07) is 18.6. The van der Waals surface area contributed by atoms with Crippen LogP contribution in [0.3, 0.4) is 0 Å². The minimum absolute atomic E-state index is 0.0739. The molecule has 0 spiro atoms. The van der Waals surface area contributed by atoms with Gasteiger partial charge in [-0.1, -0.05) is 24.3 Å². The van der Waals surface area contributed by atoms with E-state index in [1.54, 1.807) is 12.1 Å². The van der Waals surface area contributed by atoms with Crippen LogP contribution in [-0.4, -0.2) is 45.1 Å². The molecular formula is C27H26FN5O3. The van der Waals surface area contributed by atoms with Crippen LogP contribution in [0.5, 0.6) is 0 Å². The second-order valence-electron chi connectivity index (χ2n) is 9.20. The molecule has 8 nitrogen and oxygen atoms in total. The van der Waals surface area contributed by atoms with Crippen molar-refractivity contribution in [3.63, 3.8) is 0 Å². The van der Waals surface area contributed by atoms with Crippen LogP contribution in [0.2, 0.25) is 0 Å². The largest absolute Gasteiger partial charge is 0.366 e. The van der Waals surface area contributed by atoms with E-state index in [-0.39, 0.29) is 22.8 Å². The predicted octanol–water partition coefficient (Wildman–Crippen LogP) is 4.45. The van der Waals surface area contributed by atoms with E-state index in [1.165, 1.54) is 46.1 Å². The summed E-state index contributed by atoms with van der Waals surface area (Å²) < 4.78 is 16.1. The molecule has 1 aliphatic heterocycles. The Hall–Kier alpha value is -4.11. The fourth-order valence-corrected chi connectivity index (χ4v) is 4.89. The third-order valence-electron chi connectivity index (χ3n) is 6.64. The van der Waals surface area contributed by atoms with Gasteiger partial charge in [0.2, 0.25) is 0 Å². The highest BCUT2D eigenvalue weighted by Crippen LogP contribution is 2.24. The summed E-state index contributed by atoms with van der Waals surface area (Å²) in [7, 11) is 0. The lowest BCUT2D eigenvalue weighted by Gasteiger charge is -2.41. The summed E-state index contributed by atoms with van der Waals surface area (Å²) in [4.78, 5) is 33.5. The van der Waals surface area contributed by atoms with E-state index < -0.39 is 16.3 Å². The zero-order valence-corrected chi connectivity index (χ0v) is 20.1. The molecule has 3 aromatic carbocycles. The van der Waals surface area contributed by atoms with Crippen molar-refractivity contribution < 1.29 is 9.31 Å². The number of nitrogens with zero attached hydrogens (tertiary/aromatic N) is 5. The van der Waals surface area contributed by atoms with Crippen molar-refractivity contribution in [2.24, 2.45) is 0 Å². The Morgan fingerprint density at radius 3 is 2.61 bits per heavy atom. The summed E-state index contributed by atoms with van der Waals surface area (Å²) in [5, 5.41) is 11.4. The number of non-ortho nitro benzene ring substituents is 1. The van der Waals surface area contributed by atoms with Crippen LogP contribution in [-0.2, 0) is 6.54 Å². The Labute approximate surface area is 207 Å². The van der Waals surface area contributed by atoms with Crippen LogP contribution >= 0.6 is 0 Å². The van der Waals surface area contributed by atoms with E-state index in [4.69, 9.17) is 0 Å². The number of aryl methyl sites for hydroxylation is 1. The van der Waals surface area contributed by atoms with Gasteiger partial charge in [0.1, 0.15) is 11.6 Å². The Bertz CT molecular complexity index is 1520. The number of para-hydroxylation sites is 1. The van der Waals surface area contributed by atoms with Crippen molar-refractivity contribution in [3.8, 4) is 5.69 Å². The highest BCUT2D eigenvalue weighted by atomic mass is 19.1. The van der Waals surface area contributed by atoms with E-state index in [0.717, 1.165) is 19.6 Å². The van der Waals surface area contributed by atoms with Gasteiger partial charge in [-0.05, 0) is 49.7 Å². The molecule has 4 aromatic rings. The molecule has 184 valence electrons. The number of hydrogen-bond donors (Lipinski definition) is 0. The second kappa shape index (κ2) is 9.50. The molecule has 9 heteroatoms. The third-order valence-corrected chi connectivity index (χ3v) is 6.64. The van der Waals surface area contributed by atoms with Gasteiger partial charge in [-0.2, -0.15) is 0 Å². The van der Waals surface area contributed by atoms with Crippen LogP contribution in [0.15, 0.2) is 71.5 Å². The number of piperazine rings is 1. The van der Waals surface area contributed by atoms with Gasteiger partial charge in [0.25, 0.3) is 11.2 Å². The number of nitro groups is 1. The first-order chi connectivity index (χ1) is 17.3. The van der Waals surface area contributed by atoms with Crippen LogP contribution in [0.4, 0.5) is 15.8 Å². The molecule has 0 unspecified atom stereocenters. The van der Waals surface area contributed by atoms with E-state index in [0.29, 0.717) is 17.9 Å². The lowest BCUT2D eigenvalue weighted by Crippen LogP contribution is -2.52. The summed E-state index contributed by atoms with van der Waals surface area (Å²) in [6.07, 6.45) is 0. The summed E-state index contributed by atoms with van der Waals surface area (Å²) in [5.41, 5.74) is 2.06. The molecule has 5 rings (SSSR count). The molecule has 0 bridgehead atoms. The molecule has 1 atom stereocenters. The monoisotopic (exact) mass is 487 g/mol. The Morgan fingerprint density at radius 1 is 1.08 bits per heavy atom. The molecule has 1 aliphatic rings. The zero-order chi connectivity index (χ0) is 25.4. The van der Waals surface area contributed by atoms with Crippen LogP contribution in [0.1, 0.15) is 18.3 Å². The fraction of sp³-hybridized carbons (Fsp3) is 0.259. The topological polar surface area (TPSA) is 84.5 Å². The van der Waals surface area contributed by atoms with Crippen LogP contribution < -0.4 is 10.5 Å². The molecule has 0 radical (unpaired) electrons. The highest BCUT2D eigenvalue weighted by Gasteiger charge is 2.26. The van der Waals surface area contributed by atoms with Crippen molar-refractivity contribution in [3.05, 3.63) is 104 Å². The summed E-state index contributed by atoms with van der Waals surface area (Å²) in [6.45, 7) is 6.84. The maximum absolute atomic E-state index is 14.8. The molecule has 0 N–H and O–H groups in total. The normalized spacial score (nSPS) is 16.4. The number of fused-ring (bicyclic) bond motifs is 1. The van der Waals surface area contributed by atoms with Crippen molar-refractivity contribution in [1.29, 1.82) is 0 Å². The van der Waals surface area contributed by atoms with Crippen LogP contribution in [0.25, 0.3) is 16.6 Å². The van der Waals surface area contributed by atoms with E-state index in [9.17, 15) is 19.3 Å². The van der Waals surface area contributed by atoms with E-state index in [2.05, 4.69) is 52.9 Å². The molecule has 0 amide bonds. The number of rotatable bonds is 5. The minimum Gasteiger partial charge on any atom is -0.366 e. The summed E-state index contributed by atoms with van der Waals surface area (Å²) >= 11 is 0. The minimum atomic E-state index is -0.565. The molecule has 0 saturated carbocycles. The summed E-state index contributed by atoms with van der Waals surface area (Å²) in [5.74, 6) is -0.173. The van der Waals surface area contributed by atoms with Gasteiger partial charge < -0.3 is 4.90 Å². The molecule has 0 aliphatic carbocycles. The maximum Gasteiger partial charge on any atom is 0.270 e. The lowest BCUT2D eigenvalue weighted by molar-refractivity contribution is -0.384. The average Bonchev–Trinajstić information content (AvgIpc) is 2.85. The Balaban J connectivity index is 1.52. The number of nitro benzene ring substituents is 1.